The number of aromatic nitrogens is 4. The van der Waals surface area contributed by atoms with Crippen LogP contribution in [0.4, 0.5) is 0 Å². The second kappa shape index (κ2) is 9.61. The highest BCUT2D eigenvalue weighted by Crippen LogP contribution is 2.50. The number of hydrogen-bond donors (Lipinski definition) is 1. The topological polar surface area (TPSA) is 76.3 Å². The molecule has 6 rings (SSSR count). The van der Waals surface area contributed by atoms with Gasteiger partial charge in [-0.3, -0.25) is 4.98 Å². The van der Waals surface area contributed by atoms with E-state index in [1.807, 2.05) is 12.4 Å². The van der Waals surface area contributed by atoms with Crippen molar-refractivity contribution in [2.45, 2.75) is 69.9 Å². The average molecular weight is 502 g/mol. The fourth-order valence-corrected chi connectivity index (χ4v) is 6.48. The molecular formula is C30H39N5O2. The molecule has 4 heterocycles. The van der Waals surface area contributed by atoms with E-state index in [2.05, 4.69) is 65.8 Å². The van der Waals surface area contributed by atoms with E-state index in [-0.39, 0.29) is 5.41 Å². The van der Waals surface area contributed by atoms with E-state index in [1.54, 1.807) is 0 Å². The molecule has 1 aliphatic carbocycles. The summed E-state index contributed by atoms with van der Waals surface area (Å²) in [5.41, 5.74) is 2.38. The van der Waals surface area contributed by atoms with Crippen molar-refractivity contribution in [2.24, 2.45) is 5.41 Å². The molecule has 3 fully saturated rings. The van der Waals surface area contributed by atoms with E-state index in [4.69, 9.17) is 14.8 Å². The van der Waals surface area contributed by atoms with E-state index < -0.39 is 5.60 Å². The van der Waals surface area contributed by atoms with Crippen molar-refractivity contribution >= 4 is 0 Å². The van der Waals surface area contributed by atoms with Crippen molar-refractivity contribution in [1.29, 1.82) is 0 Å². The maximum absolute atomic E-state index is 12.6. The average Bonchev–Trinajstić information content (AvgIpc) is 3.66. The van der Waals surface area contributed by atoms with Gasteiger partial charge in [0.25, 0.3) is 0 Å². The zero-order chi connectivity index (χ0) is 25.6. The first-order chi connectivity index (χ1) is 17.9. The first-order valence-corrected chi connectivity index (χ1v) is 13.9. The quantitative estimate of drug-likeness (QED) is 0.482. The van der Waals surface area contributed by atoms with E-state index in [1.165, 1.54) is 5.56 Å². The number of pyridine rings is 1. The summed E-state index contributed by atoms with van der Waals surface area (Å²) in [6.07, 6.45) is 10.1. The molecule has 7 nitrogen and oxygen atoms in total. The van der Waals surface area contributed by atoms with Crippen LogP contribution in [0.25, 0.3) is 11.4 Å². The number of hydrogen-bond acceptors (Lipinski definition) is 6. The molecule has 3 aromatic rings. The van der Waals surface area contributed by atoms with Crippen LogP contribution in [-0.4, -0.2) is 63.1 Å². The van der Waals surface area contributed by atoms with Gasteiger partial charge in [-0.1, -0.05) is 44.5 Å². The Morgan fingerprint density at radius 1 is 1.05 bits per heavy atom. The fraction of sp³-hybridized carbons (Fsp3) is 0.567. The smallest absolute Gasteiger partial charge is 0.182 e. The summed E-state index contributed by atoms with van der Waals surface area (Å²) in [5, 5.41) is 17.6. The van der Waals surface area contributed by atoms with Gasteiger partial charge >= 0.3 is 0 Å². The van der Waals surface area contributed by atoms with Crippen LogP contribution in [0.5, 0.6) is 0 Å². The Hall–Kier alpha value is -2.61. The summed E-state index contributed by atoms with van der Waals surface area (Å²) in [7, 11) is 2.10. The third kappa shape index (κ3) is 4.41. The minimum absolute atomic E-state index is 0.331. The highest BCUT2D eigenvalue weighted by Gasteiger charge is 2.55. The molecular weight excluding hydrogens is 462 g/mol. The van der Waals surface area contributed by atoms with Gasteiger partial charge in [-0.05, 0) is 56.3 Å². The van der Waals surface area contributed by atoms with Gasteiger partial charge in [0, 0.05) is 61.2 Å². The van der Waals surface area contributed by atoms with Crippen molar-refractivity contribution in [3.63, 3.8) is 0 Å². The normalized spacial score (nSPS) is 21.9. The molecule has 0 radical (unpaired) electrons. The van der Waals surface area contributed by atoms with Crippen molar-refractivity contribution in [3.05, 3.63) is 65.2 Å². The number of rotatable bonds is 8. The molecule has 2 aromatic heterocycles. The molecule has 1 unspecified atom stereocenters. The summed E-state index contributed by atoms with van der Waals surface area (Å²) in [4.78, 5) is 11.9. The number of likely N-dealkylation sites (tertiary alicyclic amines) is 1. The minimum Gasteiger partial charge on any atom is -0.381 e. The molecule has 196 valence electrons. The van der Waals surface area contributed by atoms with E-state index in [0.717, 1.165) is 87.3 Å². The number of ether oxygens (including phenoxy) is 1. The first-order valence-electron chi connectivity index (χ1n) is 13.9. The Labute approximate surface area is 219 Å². The van der Waals surface area contributed by atoms with Gasteiger partial charge in [0.05, 0.1) is 6.04 Å². The lowest BCUT2D eigenvalue weighted by atomic mass is 9.62. The Balaban J connectivity index is 1.40. The van der Waals surface area contributed by atoms with Crippen LogP contribution in [0.2, 0.25) is 0 Å². The van der Waals surface area contributed by atoms with Gasteiger partial charge in [0.2, 0.25) is 0 Å². The lowest BCUT2D eigenvalue weighted by Gasteiger charge is -2.55. The summed E-state index contributed by atoms with van der Waals surface area (Å²) in [6.45, 7) is 7.57. The summed E-state index contributed by atoms with van der Waals surface area (Å²) in [5.74, 6) is 2.18. The second-order valence-electron chi connectivity index (χ2n) is 11.7. The molecule has 1 saturated carbocycles. The molecule has 2 saturated heterocycles. The number of aliphatic hydroxyl groups is 1. The third-order valence-electron chi connectivity index (χ3n) is 8.57. The first kappa shape index (κ1) is 24.7. The third-order valence-corrected chi connectivity index (χ3v) is 8.57. The van der Waals surface area contributed by atoms with Crippen LogP contribution in [0.1, 0.15) is 80.4 Å². The Morgan fingerprint density at radius 2 is 1.78 bits per heavy atom. The predicted octanol–water partition coefficient (Wildman–Crippen LogP) is 4.71. The Kier molecular flexibility index (Phi) is 6.42. The lowest BCUT2D eigenvalue weighted by molar-refractivity contribution is -0.127. The number of benzene rings is 1. The zero-order valence-electron chi connectivity index (χ0n) is 22.4. The van der Waals surface area contributed by atoms with Crippen LogP contribution in [0, 0.1) is 5.41 Å². The molecule has 0 spiro atoms. The molecule has 1 atom stereocenters. The summed E-state index contributed by atoms with van der Waals surface area (Å²) in [6, 6.07) is 11.0. The standard InChI is InChI=1S/C30H39N5O2/c1-4-5-21-6-8-24(9-7-21)30(36,29(2)19-34(3)20-29)25-16-23(17-31-18-25)27-32-28(22-12-14-37-15-13-22)35(33-27)26-10-11-26/h6-9,16-18,22,26,36H,4-5,10-15,19-20H2,1-3H3. The fourth-order valence-electron chi connectivity index (χ4n) is 6.48. The summed E-state index contributed by atoms with van der Waals surface area (Å²) >= 11 is 0. The minimum atomic E-state index is -1.17. The molecule has 3 aliphatic rings. The monoisotopic (exact) mass is 501 g/mol. The van der Waals surface area contributed by atoms with Crippen molar-refractivity contribution in [3.8, 4) is 11.4 Å². The van der Waals surface area contributed by atoms with Gasteiger partial charge in [-0.15, -0.1) is 0 Å². The van der Waals surface area contributed by atoms with E-state index >= 15 is 0 Å². The van der Waals surface area contributed by atoms with E-state index in [9.17, 15) is 5.11 Å². The van der Waals surface area contributed by atoms with Crippen molar-refractivity contribution < 1.29 is 9.84 Å². The molecule has 1 N–H and O–H groups in total. The van der Waals surface area contributed by atoms with Crippen molar-refractivity contribution in [1.82, 2.24) is 24.6 Å². The second-order valence-corrected chi connectivity index (χ2v) is 11.7. The van der Waals surface area contributed by atoms with Crippen LogP contribution >= 0.6 is 0 Å². The highest BCUT2D eigenvalue weighted by atomic mass is 16.5. The molecule has 0 amide bonds. The van der Waals surface area contributed by atoms with Crippen LogP contribution < -0.4 is 0 Å². The molecule has 2 aliphatic heterocycles. The van der Waals surface area contributed by atoms with Gasteiger partial charge < -0.3 is 14.7 Å². The van der Waals surface area contributed by atoms with Gasteiger partial charge in [-0.25, -0.2) is 9.67 Å². The van der Waals surface area contributed by atoms with Crippen LogP contribution in [0.15, 0.2) is 42.7 Å². The van der Waals surface area contributed by atoms with Gasteiger partial charge in [-0.2, -0.15) is 5.10 Å². The summed E-state index contributed by atoms with van der Waals surface area (Å²) < 4.78 is 7.77. The molecule has 0 bridgehead atoms. The molecule has 7 heteroatoms. The van der Waals surface area contributed by atoms with Crippen LogP contribution in [0.3, 0.4) is 0 Å². The van der Waals surface area contributed by atoms with Gasteiger partial charge in [0.15, 0.2) is 5.82 Å². The van der Waals surface area contributed by atoms with Gasteiger partial charge in [0.1, 0.15) is 11.4 Å². The van der Waals surface area contributed by atoms with Crippen LogP contribution in [-0.2, 0) is 16.8 Å². The SMILES string of the molecule is CCCc1ccc(C(O)(c2cncc(-c3nc(C4CCOCC4)n(C4CC4)n3)c2)C2(C)CN(C)C2)cc1. The Bertz CT molecular complexity index is 1240. The number of aryl methyl sites for hydroxylation is 1. The molecule has 37 heavy (non-hydrogen) atoms. The number of nitrogens with zero attached hydrogens (tertiary/aromatic N) is 5. The zero-order valence-corrected chi connectivity index (χ0v) is 22.4. The lowest BCUT2D eigenvalue weighted by Crippen LogP contribution is -2.63. The maximum atomic E-state index is 12.6. The van der Waals surface area contributed by atoms with E-state index in [0.29, 0.717) is 17.8 Å². The van der Waals surface area contributed by atoms with Crippen molar-refractivity contribution in [2.75, 3.05) is 33.4 Å². The molecule has 1 aromatic carbocycles. The maximum Gasteiger partial charge on any atom is 0.182 e. The predicted molar refractivity (Wildman–Crippen MR) is 143 cm³/mol. The Morgan fingerprint density at radius 3 is 2.43 bits per heavy atom. The largest absolute Gasteiger partial charge is 0.381 e. The highest BCUT2D eigenvalue weighted by molar-refractivity contribution is 5.56.